The molecule has 0 aromatic heterocycles. The zero-order valence-electron chi connectivity index (χ0n) is 24.0. The Morgan fingerprint density at radius 1 is 0.878 bits per heavy atom. The quantitative estimate of drug-likeness (QED) is 0.279. The normalized spacial score (nSPS) is 12.2. The van der Waals surface area contributed by atoms with E-state index in [0.29, 0.717) is 27.8 Å². The first-order valence-electron chi connectivity index (χ1n) is 13.4. The Bertz CT molecular complexity index is 1460. The number of carbonyl (C=O) groups is 2. The van der Waals surface area contributed by atoms with E-state index in [-0.39, 0.29) is 24.8 Å². The molecule has 1 N–H and O–H groups in total. The van der Waals surface area contributed by atoms with Gasteiger partial charge in [0.05, 0.1) is 22.0 Å². The van der Waals surface area contributed by atoms with E-state index in [1.54, 1.807) is 44.2 Å². The van der Waals surface area contributed by atoms with Crippen molar-refractivity contribution in [3.63, 3.8) is 0 Å². The van der Waals surface area contributed by atoms with Crippen molar-refractivity contribution in [3.05, 3.63) is 99.0 Å². The standard InChI is InChI=1S/C31H37Cl2N3O4S/c1-21(2)18-34-31(38)28(17-24-12-7-6-8-13-24)35(19-25-14-15-26(32)27(33)16-25)29(37)20-36(41(5,39)40)30-22(3)10-9-11-23(30)4/h6-16,21,28H,17-20H2,1-5H3,(H,34,38)/t28-/m0/s1. The van der Waals surface area contributed by atoms with Gasteiger partial charge in [0.25, 0.3) is 0 Å². The van der Waals surface area contributed by atoms with Gasteiger partial charge in [-0.2, -0.15) is 0 Å². The average molecular weight is 619 g/mol. The molecular formula is C31H37Cl2N3O4S. The van der Waals surface area contributed by atoms with Crippen molar-refractivity contribution in [2.75, 3.05) is 23.7 Å². The molecule has 3 rings (SSSR count). The van der Waals surface area contributed by atoms with Crippen molar-refractivity contribution in [2.24, 2.45) is 5.92 Å². The van der Waals surface area contributed by atoms with Crippen molar-refractivity contribution < 1.29 is 18.0 Å². The van der Waals surface area contributed by atoms with E-state index in [9.17, 15) is 18.0 Å². The highest BCUT2D eigenvalue weighted by atomic mass is 35.5. The monoisotopic (exact) mass is 617 g/mol. The number of nitrogens with one attached hydrogen (secondary N) is 1. The number of hydrogen-bond acceptors (Lipinski definition) is 4. The highest BCUT2D eigenvalue weighted by Gasteiger charge is 2.33. The largest absolute Gasteiger partial charge is 0.354 e. The van der Waals surface area contributed by atoms with E-state index in [2.05, 4.69) is 5.32 Å². The molecule has 0 saturated heterocycles. The Labute approximate surface area is 253 Å². The number of nitrogens with zero attached hydrogens (tertiary/aromatic N) is 2. The predicted molar refractivity (Wildman–Crippen MR) is 167 cm³/mol. The van der Waals surface area contributed by atoms with Crippen LogP contribution in [0.3, 0.4) is 0 Å². The van der Waals surface area contributed by atoms with Gasteiger partial charge in [0.2, 0.25) is 21.8 Å². The molecular weight excluding hydrogens is 581 g/mol. The maximum absolute atomic E-state index is 14.2. The molecule has 0 bridgehead atoms. The fourth-order valence-electron chi connectivity index (χ4n) is 4.59. The van der Waals surface area contributed by atoms with Crippen LogP contribution in [0.4, 0.5) is 5.69 Å². The van der Waals surface area contributed by atoms with Crippen molar-refractivity contribution in [3.8, 4) is 0 Å². The number of aryl methyl sites for hydroxylation is 2. The summed E-state index contributed by atoms with van der Waals surface area (Å²) in [5.41, 5.74) is 3.39. The minimum Gasteiger partial charge on any atom is -0.354 e. The summed E-state index contributed by atoms with van der Waals surface area (Å²) in [6, 6.07) is 18.9. The van der Waals surface area contributed by atoms with Gasteiger partial charge in [0, 0.05) is 19.5 Å². The lowest BCUT2D eigenvalue weighted by Crippen LogP contribution is -2.53. The number of anilines is 1. The van der Waals surface area contributed by atoms with E-state index in [1.807, 2.05) is 50.2 Å². The van der Waals surface area contributed by atoms with Crippen LogP contribution in [0.5, 0.6) is 0 Å². The summed E-state index contributed by atoms with van der Waals surface area (Å²) >= 11 is 12.4. The van der Waals surface area contributed by atoms with Crippen LogP contribution in [-0.2, 0) is 32.6 Å². The number of carbonyl (C=O) groups excluding carboxylic acids is 2. The molecule has 3 aromatic rings. The van der Waals surface area contributed by atoms with Crippen LogP contribution >= 0.6 is 23.2 Å². The average Bonchev–Trinajstić information content (AvgIpc) is 2.90. The Morgan fingerprint density at radius 2 is 1.51 bits per heavy atom. The van der Waals surface area contributed by atoms with Crippen molar-refractivity contribution in [1.82, 2.24) is 10.2 Å². The minimum atomic E-state index is -3.86. The molecule has 0 aliphatic heterocycles. The number of sulfonamides is 1. The van der Waals surface area contributed by atoms with E-state index >= 15 is 0 Å². The number of benzene rings is 3. The molecule has 0 saturated carbocycles. The Hall–Kier alpha value is -3.07. The molecule has 2 amide bonds. The number of halogens is 2. The minimum absolute atomic E-state index is 0.0205. The van der Waals surface area contributed by atoms with Gasteiger partial charge >= 0.3 is 0 Å². The lowest BCUT2D eigenvalue weighted by Gasteiger charge is -2.34. The first kappa shape index (κ1) is 32.4. The van der Waals surface area contributed by atoms with Gasteiger partial charge in [-0.3, -0.25) is 13.9 Å². The molecule has 0 heterocycles. The van der Waals surface area contributed by atoms with Gasteiger partial charge in [0.1, 0.15) is 12.6 Å². The number of rotatable bonds is 12. The molecule has 7 nitrogen and oxygen atoms in total. The van der Waals surface area contributed by atoms with Crippen LogP contribution in [0.2, 0.25) is 10.0 Å². The molecule has 0 aliphatic rings. The molecule has 1 atom stereocenters. The Morgan fingerprint density at radius 3 is 2.07 bits per heavy atom. The summed E-state index contributed by atoms with van der Waals surface area (Å²) in [5.74, 6) is -0.654. The molecule has 0 radical (unpaired) electrons. The molecule has 10 heteroatoms. The number of amides is 2. The lowest BCUT2D eigenvalue weighted by atomic mass is 10.0. The van der Waals surface area contributed by atoms with E-state index in [0.717, 1.165) is 27.3 Å². The van der Waals surface area contributed by atoms with Crippen LogP contribution in [0, 0.1) is 19.8 Å². The van der Waals surface area contributed by atoms with Gasteiger partial charge in [-0.15, -0.1) is 0 Å². The third kappa shape index (κ3) is 8.96. The first-order valence-corrected chi connectivity index (χ1v) is 16.0. The van der Waals surface area contributed by atoms with Crippen LogP contribution < -0.4 is 9.62 Å². The fraction of sp³-hybridized carbons (Fsp3) is 0.355. The highest BCUT2D eigenvalue weighted by molar-refractivity contribution is 7.92. The molecule has 0 spiro atoms. The molecule has 3 aromatic carbocycles. The van der Waals surface area contributed by atoms with Gasteiger partial charge in [0.15, 0.2) is 0 Å². The maximum atomic E-state index is 14.2. The van der Waals surface area contributed by atoms with E-state index < -0.39 is 28.5 Å². The smallest absolute Gasteiger partial charge is 0.244 e. The summed E-state index contributed by atoms with van der Waals surface area (Å²) < 4.78 is 27.2. The van der Waals surface area contributed by atoms with Gasteiger partial charge in [-0.05, 0) is 54.2 Å². The summed E-state index contributed by atoms with van der Waals surface area (Å²) in [7, 11) is -3.86. The summed E-state index contributed by atoms with van der Waals surface area (Å²) in [6.45, 7) is 7.55. The van der Waals surface area contributed by atoms with Crippen molar-refractivity contribution >= 4 is 50.7 Å². The number of para-hydroxylation sites is 1. The second kappa shape index (κ2) is 14.2. The second-order valence-corrected chi connectivity index (χ2v) is 13.3. The van der Waals surface area contributed by atoms with E-state index in [4.69, 9.17) is 23.2 Å². The molecule has 41 heavy (non-hydrogen) atoms. The third-order valence-electron chi connectivity index (χ3n) is 6.66. The van der Waals surface area contributed by atoms with Gasteiger partial charge in [-0.1, -0.05) is 91.6 Å². The predicted octanol–water partition coefficient (Wildman–Crippen LogP) is 5.79. The first-order chi connectivity index (χ1) is 19.3. The van der Waals surface area contributed by atoms with E-state index in [1.165, 1.54) is 4.90 Å². The zero-order chi connectivity index (χ0) is 30.3. The Kier molecular flexibility index (Phi) is 11.2. The van der Waals surface area contributed by atoms with Crippen LogP contribution in [-0.4, -0.2) is 50.5 Å². The topological polar surface area (TPSA) is 86.8 Å². The van der Waals surface area contributed by atoms with Crippen molar-refractivity contribution in [1.29, 1.82) is 0 Å². The third-order valence-corrected chi connectivity index (χ3v) is 8.51. The molecule has 0 unspecified atom stereocenters. The Balaban J connectivity index is 2.10. The highest BCUT2D eigenvalue weighted by Crippen LogP contribution is 2.28. The van der Waals surface area contributed by atoms with Gasteiger partial charge in [-0.25, -0.2) is 8.42 Å². The molecule has 0 aliphatic carbocycles. The van der Waals surface area contributed by atoms with Gasteiger partial charge < -0.3 is 10.2 Å². The van der Waals surface area contributed by atoms with Crippen LogP contribution in [0.25, 0.3) is 0 Å². The SMILES string of the molecule is Cc1cccc(C)c1N(CC(=O)N(Cc1ccc(Cl)c(Cl)c1)[C@@H](Cc1ccccc1)C(=O)NCC(C)C)S(C)(=O)=O. The fourth-order valence-corrected chi connectivity index (χ4v) is 5.87. The van der Waals surface area contributed by atoms with Crippen LogP contribution in [0.1, 0.15) is 36.1 Å². The zero-order valence-corrected chi connectivity index (χ0v) is 26.4. The summed E-state index contributed by atoms with van der Waals surface area (Å²) in [4.78, 5) is 29.3. The molecule has 220 valence electrons. The lowest BCUT2D eigenvalue weighted by molar-refractivity contribution is -0.140. The summed E-state index contributed by atoms with van der Waals surface area (Å²) in [5, 5.41) is 3.64. The summed E-state index contributed by atoms with van der Waals surface area (Å²) in [6.07, 6.45) is 1.31. The number of hydrogen-bond donors (Lipinski definition) is 1. The molecule has 0 fully saturated rings. The second-order valence-electron chi connectivity index (χ2n) is 10.6. The van der Waals surface area contributed by atoms with Crippen LogP contribution in [0.15, 0.2) is 66.7 Å². The maximum Gasteiger partial charge on any atom is 0.244 e. The van der Waals surface area contributed by atoms with Crippen molar-refractivity contribution in [2.45, 2.75) is 46.7 Å².